The van der Waals surface area contributed by atoms with Gasteiger partial charge < -0.3 is 34.2 Å². The molecule has 0 amide bonds. The fraction of sp³-hybridized carbons (Fsp3) is 0.645. The summed E-state index contributed by atoms with van der Waals surface area (Å²) in [5, 5.41) is 20.7. The van der Waals surface area contributed by atoms with Gasteiger partial charge in [-0.2, -0.15) is 0 Å². The standard InChI is InChI=1S/C93H154O16P2/c1-4-7-10-13-16-19-22-25-28-31-34-37-39-40-41-42-43-44-45-46-48-51-52-55-58-61-64-67-70-73-76-79-91(96)103-82-88(94)83-105-110(99,100)106-84-89(95)85-107-111(101,102)108-87-90(109-93(98)81-78-75-72-69-66-63-60-57-54-49-36-33-30-27-24-21-18-15-12-9-6-3)86-104-92(97)80-77-74-71-68-65-62-59-56-53-50-47-38-35-32-29-26-23-20-17-14-11-8-5-2/h7-12,16-21,25-30,34-38,40-41,49-50,53,57,60,88-90,94-95H,4-6,13-15,22-24,31-33,39,42-48,51-52,54-56,58-59,61-87H2,1-3H3,(H,99,100)(H,101,102)/b10-7-,11-8-,12-9-,19-16-,20-17-,21-18-,28-25-,29-26-,30-27-,37-34-,38-35-,41-40-,49-36-,53-50-,60-57-. The zero-order valence-corrected chi connectivity index (χ0v) is 71.1. The number of hydrogen-bond acceptors (Lipinski definition) is 14. The van der Waals surface area contributed by atoms with Crippen molar-refractivity contribution in [3.8, 4) is 0 Å². The minimum Gasteiger partial charge on any atom is -0.463 e. The van der Waals surface area contributed by atoms with Crippen molar-refractivity contribution in [2.45, 2.75) is 347 Å². The molecule has 0 bridgehead atoms. The number of carbonyl (C=O) groups excluding carboxylic acids is 3. The molecule has 5 atom stereocenters. The average molecular weight is 1590 g/mol. The van der Waals surface area contributed by atoms with Crippen LogP contribution in [0.25, 0.3) is 0 Å². The zero-order chi connectivity index (χ0) is 80.8. The maximum atomic E-state index is 13.0. The summed E-state index contributed by atoms with van der Waals surface area (Å²) in [6, 6.07) is 0. The summed E-state index contributed by atoms with van der Waals surface area (Å²) in [4.78, 5) is 58.9. The summed E-state index contributed by atoms with van der Waals surface area (Å²) in [5.74, 6) is -1.61. The van der Waals surface area contributed by atoms with E-state index in [2.05, 4.69) is 203 Å². The fourth-order valence-electron chi connectivity index (χ4n) is 11.2. The molecule has 18 heteroatoms. The number of hydrogen-bond donors (Lipinski definition) is 4. The van der Waals surface area contributed by atoms with E-state index in [4.69, 9.17) is 32.3 Å². The van der Waals surface area contributed by atoms with Gasteiger partial charge >= 0.3 is 33.6 Å². The molecule has 16 nitrogen and oxygen atoms in total. The summed E-state index contributed by atoms with van der Waals surface area (Å²) < 4.78 is 61.3. The van der Waals surface area contributed by atoms with Crippen LogP contribution in [-0.4, -0.2) is 95.9 Å². The van der Waals surface area contributed by atoms with Crippen LogP contribution in [0, 0.1) is 0 Å². The third-order valence-corrected chi connectivity index (χ3v) is 19.5. The number of carbonyl (C=O) groups is 3. The molecule has 632 valence electrons. The summed E-state index contributed by atoms with van der Waals surface area (Å²) in [6.07, 6.45) is 109. The Hall–Kier alpha value is -5.35. The van der Waals surface area contributed by atoms with Crippen molar-refractivity contribution >= 4 is 33.6 Å². The van der Waals surface area contributed by atoms with Crippen molar-refractivity contribution in [2.24, 2.45) is 0 Å². The maximum Gasteiger partial charge on any atom is 0.472 e. The average Bonchev–Trinajstić information content (AvgIpc) is 0.900. The monoisotopic (exact) mass is 1590 g/mol. The normalized spacial score (nSPS) is 14.8. The first kappa shape index (κ1) is 106. The van der Waals surface area contributed by atoms with E-state index in [-0.39, 0.29) is 19.3 Å². The number of aliphatic hydroxyl groups excluding tert-OH is 2. The lowest BCUT2D eigenvalue weighted by Gasteiger charge is -2.21. The lowest BCUT2D eigenvalue weighted by molar-refractivity contribution is -0.161. The van der Waals surface area contributed by atoms with Gasteiger partial charge in [-0.05, 0) is 154 Å². The Morgan fingerprint density at radius 3 is 0.712 bits per heavy atom. The molecule has 0 saturated heterocycles. The van der Waals surface area contributed by atoms with E-state index in [9.17, 15) is 43.5 Å². The SMILES string of the molecule is CC/C=C\C/C=C\C/C=C\C/C=C\C/C=C\CCCCCCCCCCCCCCCCCC(=O)OCC(O)COP(=O)(O)OCC(O)COP(=O)(O)OCC(COC(=O)CCCCCCCCC/C=C\C/C=C\C/C=C\C/C=C\C/C=C\CC)OC(=O)CCCCCCC/C=C\C/C=C\C/C=C\C/C=C\C/C=C\CC. The van der Waals surface area contributed by atoms with Crippen LogP contribution in [-0.2, 0) is 55.8 Å². The Morgan fingerprint density at radius 1 is 0.252 bits per heavy atom. The number of rotatable bonds is 80. The van der Waals surface area contributed by atoms with E-state index < -0.39 is 91.5 Å². The highest BCUT2D eigenvalue weighted by Gasteiger charge is 2.29. The lowest BCUT2D eigenvalue weighted by Crippen LogP contribution is -2.30. The van der Waals surface area contributed by atoms with Gasteiger partial charge in [0.05, 0.1) is 26.4 Å². The quantitative estimate of drug-likeness (QED) is 0.0146. The third-order valence-electron chi connectivity index (χ3n) is 17.6. The molecule has 0 aliphatic heterocycles. The van der Waals surface area contributed by atoms with Gasteiger partial charge in [0.15, 0.2) is 6.10 Å². The largest absolute Gasteiger partial charge is 0.472 e. The van der Waals surface area contributed by atoms with Crippen LogP contribution in [0.3, 0.4) is 0 Å². The van der Waals surface area contributed by atoms with Gasteiger partial charge in [-0.15, -0.1) is 0 Å². The summed E-state index contributed by atoms with van der Waals surface area (Å²) in [7, 11) is -9.82. The van der Waals surface area contributed by atoms with Gasteiger partial charge in [-0.1, -0.05) is 338 Å². The number of phosphoric ester groups is 2. The van der Waals surface area contributed by atoms with E-state index in [1.165, 1.54) is 77.0 Å². The minimum atomic E-state index is -4.95. The van der Waals surface area contributed by atoms with Crippen LogP contribution in [0.15, 0.2) is 182 Å². The van der Waals surface area contributed by atoms with Gasteiger partial charge in [0.1, 0.15) is 25.4 Å². The zero-order valence-electron chi connectivity index (χ0n) is 69.3. The summed E-state index contributed by atoms with van der Waals surface area (Å²) >= 11 is 0. The second kappa shape index (κ2) is 84.1. The Morgan fingerprint density at radius 2 is 0.450 bits per heavy atom. The van der Waals surface area contributed by atoms with Crippen molar-refractivity contribution in [1.29, 1.82) is 0 Å². The molecule has 0 aromatic heterocycles. The second-order valence-corrected chi connectivity index (χ2v) is 31.1. The summed E-state index contributed by atoms with van der Waals surface area (Å²) in [5.41, 5.74) is 0. The molecule has 0 heterocycles. The smallest absolute Gasteiger partial charge is 0.463 e. The van der Waals surface area contributed by atoms with E-state index >= 15 is 0 Å². The summed E-state index contributed by atoms with van der Waals surface area (Å²) in [6.45, 7) is 2.32. The van der Waals surface area contributed by atoms with Crippen LogP contribution in [0.5, 0.6) is 0 Å². The van der Waals surface area contributed by atoms with E-state index in [0.29, 0.717) is 19.3 Å². The highest BCUT2D eigenvalue weighted by molar-refractivity contribution is 7.47. The molecule has 0 aliphatic carbocycles. The number of unbranched alkanes of at least 4 members (excludes halogenated alkanes) is 27. The van der Waals surface area contributed by atoms with Gasteiger partial charge in [-0.3, -0.25) is 32.5 Å². The predicted molar refractivity (Wildman–Crippen MR) is 463 cm³/mol. The molecular weight excluding hydrogens is 1430 g/mol. The van der Waals surface area contributed by atoms with Crippen LogP contribution < -0.4 is 0 Å². The molecular formula is C93H154O16P2. The second-order valence-electron chi connectivity index (χ2n) is 28.2. The van der Waals surface area contributed by atoms with Crippen molar-refractivity contribution in [3.05, 3.63) is 182 Å². The molecule has 0 radical (unpaired) electrons. The van der Waals surface area contributed by atoms with Crippen molar-refractivity contribution in [2.75, 3.05) is 39.6 Å². The first-order valence-electron chi connectivity index (χ1n) is 43.1. The van der Waals surface area contributed by atoms with Crippen LogP contribution >= 0.6 is 15.6 Å². The number of aliphatic hydroxyl groups is 2. The van der Waals surface area contributed by atoms with Crippen molar-refractivity contribution in [3.63, 3.8) is 0 Å². The molecule has 4 N–H and O–H groups in total. The number of ether oxygens (including phenoxy) is 3. The van der Waals surface area contributed by atoms with E-state index in [1.54, 1.807) is 0 Å². The molecule has 0 aromatic rings. The molecule has 0 aliphatic rings. The van der Waals surface area contributed by atoms with Crippen LogP contribution in [0.4, 0.5) is 0 Å². The fourth-order valence-corrected chi connectivity index (χ4v) is 12.8. The third kappa shape index (κ3) is 85.4. The molecule has 0 spiro atoms. The lowest BCUT2D eigenvalue weighted by atomic mass is 10.0. The van der Waals surface area contributed by atoms with Gasteiger partial charge in [0.2, 0.25) is 0 Å². The molecule has 0 fully saturated rings. The van der Waals surface area contributed by atoms with Gasteiger partial charge in [0.25, 0.3) is 0 Å². The molecule has 5 unspecified atom stereocenters. The minimum absolute atomic E-state index is 0.0734. The maximum absolute atomic E-state index is 13.0. The number of phosphoric acid groups is 2. The Labute approximate surface area is 675 Å². The van der Waals surface area contributed by atoms with E-state index in [0.717, 1.165) is 193 Å². The molecule has 0 aromatic carbocycles. The Kier molecular flexibility index (Phi) is 80.0. The van der Waals surface area contributed by atoms with Crippen molar-refractivity contribution < 1.29 is 75.8 Å². The molecule has 0 saturated carbocycles. The highest BCUT2D eigenvalue weighted by Crippen LogP contribution is 2.45. The van der Waals surface area contributed by atoms with Crippen molar-refractivity contribution in [1.82, 2.24) is 0 Å². The predicted octanol–water partition coefficient (Wildman–Crippen LogP) is 26.1. The van der Waals surface area contributed by atoms with Gasteiger partial charge in [0, 0.05) is 19.3 Å². The Balaban J connectivity index is 4.62. The van der Waals surface area contributed by atoms with E-state index in [1.807, 2.05) is 0 Å². The Bertz CT molecular complexity index is 2750. The molecule has 0 rings (SSSR count). The topological polar surface area (TPSA) is 231 Å². The first-order chi connectivity index (χ1) is 54.2. The first-order valence-corrected chi connectivity index (χ1v) is 46.1. The number of esters is 3. The highest BCUT2D eigenvalue weighted by atomic mass is 31.2. The molecule has 111 heavy (non-hydrogen) atoms. The van der Waals surface area contributed by atoms with Gasteiger partial charge in [-0.25, -0.2) is 9.13 Å². The number of allylic oxidation sites excluding steroid dienone is 30. The van der Waals surface area contributed by atoms with Crippen LogP contribution in [0.1, 0.15) is 329 Å². The van der Waals surface area contributed by atoms with Crippen LogP contribution in [0.2, 0.25) is 0 Å².